The molecule has 1 aromatic carbocycles. The first-order chi connectivity index (χ1) is 11.5. The Kier molecular flexibility index (Phi) is 4.35. The van der Waals surface area contributed by atoms with Gasteiger partial charge in [-0.15, -0.1) is 0 Å². The first-order valence-corrected chi connectivity index (χ1v) is 8.88. The molecule has 1 aliphatic carbocycles. The van der Waals surface area contributed by atoms with Crippen LogP contribution in [0.5, 0.6) is 0 Å². The van der Waals surface area contributed by atoms with Crippen molar-refractivity contribution in [2.24, 2.45) is 11.3 Å². The highest BCUT2D eigenvalue weighted by Gasteiger charge is 2.78. The zero-order valence-electron chi connectivity index (χ0n) is 14.5. The molecule has 24 heavy (non-hydrogen) atoms. The molecule has 5 nitrogen and oxygen atoms in total. The van der Waals surface area contributed by atoms with Gasteiger partial charge in [-0.05, 0) is 18.5 Å². The predicted molar refractivity (Wildman–Crippen MR) is 92.6 cm³/mol. The summed E-state index contributed by atoms with van der Waals surface area (Å²) in [6.07, 6.45) is 5.00. The number of nitro groups is 1. The normalized spacial score (nSPS) is 31.5. The first kappa shape index (κ1) is 16.9. The van der Waals surface area contributed by atoms with E-state index in [1.165, 1.54) is 31.7 Å². The van der Waals surface area contributed by atoms with Crippen LogP contribution in [0, 0.1) is 32.8 Å². The van der Waals surface area contributed by atoms with Gasteiger partial charge < -0.3 is 4.90 Å². The van der Waals surface area contributed by atoms with Crippen molar-refractivity contribution in [2.45, 2.75) is 44.9 Å². The summed E-state index contributed by atoms with van der Waals surface area (Å²) in [6.45, 7) is 7.33. The number of nitriles is 1. The molecule has 1 saturated heterocycles. The molecule has 0 radical (unpaired) electrons. The van der Waals surface area contributed by atoms with E-state index in [9.17, 15) is 15.4 Å². The Morgan fingerprint density at radius 2 is 2.21 bits per heavy atom. The van der Waals surface area contributed by atoms with Crippen LogP contribution < -0.4 is 0 Å². The molecule has 2 aliphatic rings. The van der Waals surface area contributed by atoms with Gasteiger partial charge in [0, 0.05) is 36.6 Å². The molecule has 3 atom stereocenters. The number of fused-ring (bicyclic) bond motifs is 1. The molecule has 0 spiro atoms. The standard InChI is InChI=1S/C19H25N3O2/c1-3-4-5-6-10-21-12-17-18(2,14-21)19(17,13-20)15-8-7-9-16(11-15)22(23)24/h7-9,11,17H,3-6,10,12,14H2,1-2H3/t17?,18-,19?/m0/s1. The maximum absolute atomic E-state index is 11.1. The Bertz CT molecular complexity index is 683. The number of nitro benzene ring substituents is 1. The van der Waals surface area contributed by atoms with Gasteiger partial charge >= 0.3 is 0 Å². The largest absolute Gasteiger partial charge is 0.302 e. The second kappa shape index (κ2) is 6.18. The van der Waals surface area contributed by atoms with Crippen molar-refractivity contribution in [1.29, 1.82) is 5.26 Å². The number of non-ortho nitro benzene ring substituents is 1. The fourth-order valence-corrected chi connectivity index (χ4v) is 4.74. The highest BCUT2D eigenvalue weighted by atomic mass is 16.6. The molecule has 1 aromatic rings. The molecule has 2 fully saturated rings. The lowest BCUT2D eigenvalue weighted by atomic mass is 9.86. The van der Waals surface area contributed by atoms with Crippen molar-refractivity contribution in [3.63, 3.8) is 0 Å². The molecule has 0 bridgehead atoms. The summed E-state index contributed by atoms with van der Waals surface area (Å²) in [5.41, 5.74) is 0.255. The lowest BCUT2D eigenvalue weighted by molar-refractivity contribution is -0.384. The molecule has 1 saturated carbocycles. The van der Waals surface area contributed by atoms with Crippen LogP contribution in [0.4, 0.5) is 5.69 Å². The van der Waals surface area contributed by atoms with E-state index in [0.29, 0.717) is 0 Å². The van der Waals surface area contributed by atoms with E-state index in [1.54, 1.807) is 12.1 Å². The highest BCUT2D eigenvalue weighted by molar-refractivity contribution is 5.53. The third-order valence-corrected chi connectivity index (χ3v) is 6.12. The summed E-state index contributed by atoms with van der Waals surface area (Å²) in [5.74, 6) is 0.281. The third-order valence-electron chi connectivity index (χ3n) is 6.12. The van der Waals surface area contributed by atoms with E-state index in [4.69, 9.17) is 0 Å². The molecule has 128 valence electrons. The summed E-state index contributed by atoms with van der Waals surface area (Å²) in [6, 6.07) is 9.20. The van der Waals surface area contributed by atoms with Gasteiger partial charge in [0.05, 0.1) is 16.4 Å². The summed E-state index contributed by atoms with van der Waals surface area (Å²) < 4.78 is 0. The molecule has 5 heteroatoms. The molecule has 1 heterocycles. The van der Waals surface area contributed by atoms with Gasteiger partial charge in [0.1, 0.15) is 0 Å². The van der Waals surface area contributed by atoms with Crippen LogP contribution in [0.15, 0.2) is 24.3 Å². The van der Waals surface area contributed by atoms with Crippen molar-refractivity contribution in [3.8, 4) is 6.07 Å². The van der Waals surface area contributed by atoms with Crippen molar-refractivity contribution in [3.05, 3.63) is 39.9 Å². The number of unbranched alkanes of at least 4 members (excludes halogenated alkanes) is 3. The Balaban J connectivity index is 1.73. The Morgan fingerprint density at radius 3 is 2.79 bits per heavy atom. The number of nitrogens with zero attached hydrogens (tertiary/aromatic N) is 3. The Labute approximate surface area is 143 Å². The van der Waals surface area contributed by atoms with Gasteiger partial charge in [0.2, 0.25) is 0 Å². The van der Waals surface area contributed by atoms with Gasteiger partial charge in [-0.2, -0.15) is 5.26 Å². The minimum absolute atomic E-state index is 0.0760. The Hall–Kier alpha value is -1.93. The predicted octanol–water partition coefficient (Wildman–Crippen LogP) is 3.89. The maximum atomic E-state index is 11.1. The Morgan fingerprint density at radius 1 is 1.42 bits per heavy atom. The van der Waals surface area contributed by atoms with Crippen molar-refractivity contribution >= 4 is 5.69 Å². The zero-order chi connectivity index (χ0) is 17.4. The van der Waals surface area contributed by atoms with E-state index in [2.05, 4.69) is 24.8 Å². The van der Waals surface area contributed by atoms with Crippen LogP contribution in [0.25, 0.3) is 0 Å². The molecule has 1 aliphatic heterocycles. The fourth-order valence-electron chi connectivity index (χ4n) is 4.74. The summed E-state index contributed by atoms with van der Waals surface area (Å²) >= 11 is 0. The second-order valence-corrected chi connectivity index (χ2v) is 7.49. The summed E-state index contributed by atoms with van der Waals surface area (Å²) in [4.78, 5) is 13.1. The summed E-state index contributed by atoms with van der Waals surface area (Å²) in [5, 5.41) is 21.0. The van der Waals surface area contributed by atoms with Gasteiger partial charge in [-0.1, -0.05) is 45.2 Å². The number of benzene rings is 1. The van der Waals surface area contributed by atoms with Gasteiger partial charge in [-0.3, -0.25) is 10.1 Å². The lowest BCUT2D eigenvalue weighted by Crippen LogP contribution is -2.33. The van der Waals surface area contributed by atoms with Crippen molar-refractivity contribution in [1.82, 2.24) is 4.90 Å². The van der Waals surface area contributed by atoms with Gasteiger partial charge in [-0.25, -0.2) is 0 Å². The number of hydrogen-bond acceptors (Lipinski definition) is 4. The monoisotopic (exact) mass is 327 g/mol. The van der Waals surface area contributed by atoms with Crippen LogP contribution in [0.1, 0.15) is 45.1 Å². The molecule has 0 amide bonds. The summed E-state index contributed by atoms with van der Waals surface area (Å²) in [7, 11) is 0. The number of likely N-dealkylation sites (tertiary alicyclic amines) is 1. The number of piperidine rings is 1. The minimum atomic E-state index is -0.557. The minimum Gasteiger partial charge on any atom is -0.302 e. The number of rotatable bonds is 7. The molecule has 0 N–H and O–H groups in total. The average molecular weight is 327 g/mol. The highest BCUT2D eigenvalue weighted by Crippen LogP contribution is 2.72. The lowest BCUT2D eigenvalue weighted by Gasteiger charge is -2.25. The van der Waals surface area contributed by atoms with E-state index in [1.807, 2.05) is 6.07 Å². The average Bonchev–Trinajstić information content (AvgIpc) is 2.88. The molecule has 0 aromatic heterocycles. The van der Waals surface area contributed by atoms with Gasteiger partial charge in [0.15, 0.2) is 0 Å². The quantitative estimate of drug-likeness (QED) is 0.433. The van der Waals surface area contributed by atoms with Crippen LogP contribution in [0.3, 0.4) is 0 Å². The second-order valence-electron chi connectivity index (χ2n) is 7.49. The third kappa shape index (κ3) is 2.41. The first-order valence-electron chi connectivity index (χ1n) is 8.88. The van der Waals surface area contributed by atoms with Crippen LogP contribution in [-0.4, -0.2) is 29.5 Å². The van der Waals surface area contributed by atoms with E-state index < -0.39 is 5.41 Å². The SMILES string of the molecule is CCCCCCN1CC2C(C#N)(c3cccc([N+](=O)[O-])c3)[C@@]2(C)C1. The van der Waals surface area contributed by atoms with E-state index >= 15 is 0 Å². The number of hydrogen-bond donors (Lipinski definition) is 0. The van der Waals surface area contributed by atoms with Crippen LogP contribution in [-0.2, 0) is 5.41 Å². The van der Waals surface area contributed by atoms with Crippen LogP contribution >= 0.6 is 0 Å². The van der Waals surface area contributed by atoms with Crippen LogP contribution in [0.2, 0.25) is 0 Å². The molecular weight excluding hydrogens is 302 g/mol. The van der Waals surface area contributed by atoms with Crippen molar-refractivity contribution < 1.29 is 4.92 Å². The van der Waals surface area contributed by atoms with Crippen molar-refractivity contribution in [2.75, 3.05) is 19.6 Å². The molecule has 2 unspecified atom stereocenters. The van der Waals surface area contributed by atoms with E-state index in [0.717, 1.165) is 25.2 Å². The molecule has 3 rings (SSSR count). The van der Waals surface area contributed by atoms with E-state index in [-0.39, 0.29) is 21.9 Å². The smallest absolute Gasteiger partial charge is 0.269 e. The zero-order valence-corrected chi connectivity index (χ0v) is 14.5. The fraction of sp³-hybridized carbons (Fsp3) is 0.632. The van der Waals surface area contributed by atoms with Gasteiger partial charge in [0.25, 0.3) is 5.69 Å². The maximum Gasteiger partial charge on any atom is 0.269 e. The molecular formula is C19H25N3O2. The topological polar surface area (TPSA) is 70.2 Å².